The lowest BCUT2D eigenvalue weighted by molar-refractivity contribution is 0.0946. The lowest BCUT2D eigenvalue weighted by atomic mass is 10.1. The van der Waals surface area contributed by atoms with E-state index < -0.39 is 0 Å². The number of nitrogens with zero attached hydrogens (tertiary/aromatic N) is 1. The number of ether oxygens (including phenoxy) is 2. The van der Waals surface area contributed by atoms with Crippen LogP contribution in [0.4, 0.5) is 0 Å². The maximum atomic E-state index is 12.3. The van der Waals surface area contributed by atoms with Crippen molar-refractivity contribution in [3.63, 3.8) is 0 Å². The third-order valence-electron chi connectivity index (χ3n) is 3.92. The largest absolute Gasteiger partial charge is 0.454 e. The van der Waals surface area contributed by atoms with E-state index in [0.29, 0.717) is 23.0 Å². The third kappa shape index (κ3) is 3.06. The molecule has 1 aliphatic rings. The van der Waals surface area contributed by atoms with Crippen molar-refractivity contribution in [2.75, 3.05) is 6.79 Å². The number of fused-ring (bicyclic) bond motifs is 1. The Balaban J connectivity index is 1.46. The van der Waals surface area contributed by atoms with Gasteiger partial charge in [0, 0.05) is 11.1 Å². The number of benzene rings is 2. The molecule has 1 aliphatic heterocycles. The third-order valence-corrected chi connectivity index (χ3v) is 3.92. The van der Waals surface area contributed by atoms with Crippen molar-refractivity contribution in [2.24, 2.45) is 0 Å². The molecule has 0 fully saturated rings. The van der Waals surface area contributed by atoms with Crippen LogP contribution in [0.3, 0.4) is 0 Å². The van der Waals surface area contributed by atoms with Crippen LogP contribution in [0.15, 0.2) is 52.9 Å². The number of amides is 1. The Kier molecular flexibility index (Phi) is 3.85. The molecule has 1 aromatic heterocycles. The van der Waals surface area contributed by atoms with Gasteiger partial charge in [-0.1, -0.05) is 30.3 Å². The van der Waals surface area contributed by atoms with Crippen LogP contribution >= 0.6 is 0 Å². The second-order valence-electron chi connectivity index (χ2n) is 5.63. The van der Waals surface area contributed by atoms with Gasteiger partial charge in [-0.3, -0.25) is 4.79 Å². The van der Waals surface area contributed by atoms with Gasteiger partial charge >= 0.3 is 0 Å². The molecule has 1 amide bonds. The van der Waals surface area contributed by atoms with Crippen LogP contribution in [0.25, 0.3) is 11.3 Å². The molecule has 1 N–H and O–H groups in total. The van der Waals surface area contributed by atoms with Gasteiger partial charge in [0.25, 0.3) is 5.91 Å². The smallest absolute Gasteiger partial charge is 0.251 e. The van der Waals surface area contributed by atoms with E-state index in [1.807, 2.05) is 37.3 Å². The average Bonchev–Trinajstić information content (AvgIpc) is 3.26. The normalized spacial score (nSPS) is 12.2. The second kappa shape index (κ2) is 6.32. The summed E-state index contributed by atoms with van der Waals surface area (Å²) in [4.78, 5) is 16.8. The summed E-state index contributed by atoms with van der Waals surface area (Å²) in [6.07, 6.45) is 0. The van der Waals surface area contributed by atoms with Crippen molar-refractivity contribution in [1.29, 1.82) is 0 Å². The molecule has 0 radical (unpaired) electrons. The monoisotopic (exact) mass is 336 g/mol. The predicted molar refractivity (Wildman–Crippen MR) is 90.4 cm³/mol. The molecule has 0 bridgehead atoms. The molecule has 0 saturated carbocycles. The van der Waals surface area contributed by atoms with E-state index in [2.05, 4.69) is 10.3 Å². The highest BCUT2D eigenvalue weighted by atomic mass is 16.7. The molecule has 6 heteroatoms. The van der Waals surface area contributed by atoms with Crippen molar-refractivity contribution in [2.45, 2.75) is 13.5 Å². The summed E-state index contributed by atoms with van der Waals surface area (Å²) in [5, 5.41) is 2.81. The summed E-state index contributed by atoms with van der Waals surface area (Å²) in [5.41, 5.74) is 2.26. The Hall–Kier alpha value is -3.28. The Morgan fingerprint density at radius 3 is 2.76 bits per heavy atom. The first-order chi connectivity index (χ1) is 12.2. The Labute approximate surface area is 144 Å². The number of carbonyl (C=O) groups is 1. The number of oxazole rings is 1. The summed E-state index contributed by atoms with van der Waals surface area (Å²) >= 11 is 0. The molecular formula is C19H16N2O4. The van der Waals surface area contributed by atoms with Gasteiger partial charge in [-0.05, 0) is 25.1 Å². The predicted octanol–water partition coefficient (Wildman–Crippen LogP) is 3.31. The van der Waals surface area contributed by atoms with Crippen LogP contribution in [0.5, 0.6) is 11.5 Å². The SMILES string of the molecule is Cc1oc(CNC(=O)c2ccc3c(c2)OCO3)nc1-c1ccccc1. The highest BCUT2D eigenvalue weighted by molar-refractivity contribution is 5.94. The minimum atomic E-state index is -0.226. The van der Waals surface area contributed by atoms with Crippen molar-refractivity contribution >= 4 is 5.91 Å². The van der Waals surface area contributed by atoms with Gasteiger partial charge in [-0.25, -0.2) is 4.98 Å². The fourth-order valence-corrected chi connectivity index (χ4v) is 2.69. The van der Waals surface area contributed by atoms with Gasteiger partial charge in [-0.15, -0.1) is 0 Å². The van der Waals surface area contributed by atoms with Gasteiger partial charge in [0.1, 0.15) is 11.5 Å². The van der Waals surface area contributed by atoms with E-state index >= 15 is 0 Å². The lowest BCUT2D eigenvalue weighted by Crippen LogP contribution is -2.22. The molecule has 126 valence electrons. The zero-order valence-electron chi connectivity index (χ0n) is 13.6. The number of carbonyl (C=O) groups excluding carboxylic acids is 1. The van der Waals surface area contributed by atoms with Crippen LogP contribution in [-0.2, 0) is 6.54 Å². The molecule has 2 heterocycles. The zero-order chi connectivity index (χ0) is 17.2. The zero-order valence-corrected chi connectivity index (χ0v) is 13.6. The number of aryl methyl sites for hydroxylation is 1. The van der Waals surface area contributed by atoms with E-state index in [1.54, 1.807) is 18.2 Å². The van der Waals surface area contributed by atoms with Crippen molar-refractivity contribution in [1.82, 2.24) is 10.3 Å². The molecule has 25 heavy (non-hydrogen) atoms. The Morgan fingerprint density at radius 2 is 1.92 bits per heavy atom. The number of hydrogen-bond donors (Lipinski definition) is 1. The summed E-state index contributed by atoms with van der Waals surface area (Å²) in [6.45, 7) is 2.25. The van der Waals surface area contributed by atoms with E-state index in [1.165, 1.54) is 0 Å². The quantitative estimate of drug-likeness (QED) is 0.791. The topological polar surface area (TPSA) is 73.6 Å². The summed E-state index contributed by atoms with van der Waals surface area (Å²) in [6, 6.07) is 14.9. The summed E-state index contributed by atoms with van der Waals surface area (Å²) in [7, 11) is 0. The van der Waals surface area contributed by atoms with E-state index in [4.69, 9.17) is 13.9 Å². The minimum absolute atomic E-state index is 0.179. The van der Waals surface area contributed by atoms with Crippen LogP contribution in [0.1, 0.15) is 22.0 Å². The molecule has 0 aliphatic carbocycles. The molecule has 3 aromatic rings. The highest BCUT2D eigenvalue weighted by Gasteiger charge is 2.17. The van der Waals surface area contributed by atoms with E-state index in [-0.39, 0.29) is 19.2 Å². The van der Waals surface area contributed by atoms with Crippen molar-refractivity contribution in [3.05, 3.63) is 65.7 Å². The minimum Gasteiger partial charge on any atom is -0.454 e. The van der Waals surface area contributed by atoms with Gasteiger partial charge in [-0.2, -0.15) is 0 Å². The van der Waals surface area contributed by atoms with E-state index in [9.17, 15) is 4.79 Å². The molecule has 0 saturated heterocycles. The van der Waals surface area contributed by atoms with Crippen molar-refractivity contribution < 1.29 is 18.7 Å². The Bertz CT molecular complexity index is 918. The summed E-state index contributed by atoms with van der Waals surface area (Å²) < 4.78 is 16.2. The molecule has 0 spiro atoms. The molecule has 4 rings (SSSR count). The maximum Gasteiger partial charge on any atom is 0.251 e. The summed E-state index contributed by atoms with van der Waals surface area (Å²) in [5.74, 6) is 2.18. The van der Waals surface area contributed by atoms with Gasteiger partial charge in [0.15, 0.2) is 11.5 Å². The number of hydrogen-bond acceptors (Lipinski definition) is 5. The molecule has 2 aromatic carbocycles. The first kappa shape index (κ1) is 15.3. The van der Waals surface area contributed by atoms with Crippen LogP contribution in [0, 0.1) is 6.92 Å². The number of aromatic nitrogens is 1. The van der Waals surface area contributed by atoms with Gasteiger partial charge in [0.05, 0.1) is 6.54 Å². The fraction of sp³-hybridized carbons (Fsp3) is 0.158. The van der Waals surface area contributed by atoms with Gasteiger partial charge < -0.3 is 19.2 Å². The first-order valence-corrected chi connectivity index (χ1v) is 7.90. The standard InChI is InChI=1S/C19H16N2O4/c1-12-18(13-5-3-2-4-6-13)21-17(25-12)10-20-19(22)14-7-8-15-16(9-14)24-11-23-15/h2-9H,10-11H2,1H3,(H,20,22). The fourth-order valence-electron chi connectivity index (χ4n) is 2.69. The van der Waals surface area contributed by atoms with Crippen LogP contribution in [-0.4, -0.2) is 17.7 Å². The molecule has 6 nitrogen and oxygen atoms in total. The van der Waals surface area contributed by atoms with E-state index in [0.717, 1.165) is 17.0 Å². The van der Waals surface area contributed by atoms with Crippen LogP contribution < -0.4 is 14.8 Å². The lowest BCUT2D eigenvalue weighted by Gasteiger charge is -2.04. The average molecular weight is 336 g/mol. The molecule has 0 atom stereocenters. The number of nitrogens with one attached hydrogen (secondary N) is 1. The molecule has 0 unspecified atom stereocenters. The molecular weight excluding hydrogens is 320 g/mol. The van der Waals surface area contributed by atoms with Crippen LogP contribution in [0.2, 0.25) is 0 Å². The van der Waals surface area contributed by atoms with Gasteiger partial charge in [0.2, 0.25) is 12.7 Å². The highest BCUT2D eigenvalue weighted by Crippen LogP contribution is 2.32. The first-order valence-electron chi connectivity index (χ1n) is 7.90. The Morgan fingerprint density at radius 1 is 1.12 bits per heavy atom. The van der Waals surface area contributed by atoms with Crippen molar-refractivity contribution in [3.8, 4) is 22.8 Å². The second-order valence-corrected chi connectivity index (χ2v) is 5.63. The maximum absolute atomic E-state index is 12.3. The number of rotatable bonds is 4.